The molecule has 7 nitrogen and oxygen atoms in total. The predicted octanol–water partition coefficient (Wildman–Crippen LogP) is 3.53. The third-order valence-electron chi connectivity index (χ3n) is 5.04. The zero-order valence-corrected chi connectivity index (χ0v) is 16.2. The molecular weight excluding hydrogens is 366 g/mol. The minimum Gasteiger partial charge on any atom is -0.497 e. The zero-order chi connectivity index (χ0) is 19.2. The standard InChI is InChI=1S/C19H21N3O4S/c1-12-18-10-17(11-20-19(18)26-21-12)27(23,24)22(13(2)14-4-5-14)15-6-8-16(25-3)9-7-15/h6-11,13-14H,4-5H2,1-3H3. The molecule has 8 heteroatoms. The van der Waals surface area contributed by atoms with E-state index in [1.165, 1.54) is 10.5 Å². The van der Waals surface area contributed by atoms with Crippen LogP contribution in [0.5, 0.6) is 5.75 Å². The molecule has 0 aliphatic heterocycles. The van der Waals surface area contributed by atoms with E-state index in [2.05, 4.69) is 10.1 Å². The van der Waals surface area contributed by atoms with E-state index in [4.69, 9.17) is 9.26 Å². The Labute approximate surface area is 158 Å². The summed E-state index contributed by atoms with van der Waals surface area (Å²) in [6, 6.07) is 8.51. The van der Waals surface area contributed by atoms with Gasteiger partial charge in [0.15, 0.2) is 0 Å². The van der Waals surface area contributed by atoms with Gasteiger partial charge in [0.25, 0.3) is 15.7 Å². The van der Waals surface area contributed by atoms with E-state index in [9.17, 15) is 8.42 Å². The molecule has 1 saturated carbocycles. The number of fused-ring (bicyclic) bond motifs is 1. The highest BCUT2D eigenvalue weighted by Gasteiger charge is 2.39. The molecule has 2 heterocycles. The number of sulfonamides is 1. The lowest BCUT2D eigenvalue weighted by atomic mass is 10.2. The van der Waals surface area contributed by atoms with E-state index in [-0.39, 0.29) is 10.9 Å². The normalized spacial score (nSPS) is 15.7. The molecule has 1 atom stereocenters. The molecule has 0 radical (unpaired) electrons. The molecule has 1 fully saturated rings. The summed E-state index contributed by atoms with van der Waals surface area (Å²) in [6.07, 6.45) is 3.40. The van der Waals surface area contributed by atoms with E-state index in [1.54, 1.807) is 44.4 Å². The van der Waals surface area contributed by atoms with Gasteiger partial charge >= 0.3 is 0 Å². The van der Waals surface area contributed by atoms with E-state index >= 15 is 0 Å². The molecule has 3 aromatic rings. The number of nitrogens with zero attached hydrogens (tertiary/aromatic N) is 3. The molecule has 1 unspecified atom stereocenters. The van der Waals surface area contributed by atoms with E-state index in [0.29, 0.717) is 34.1 Å². The van der Waals surface area contributed by atoms with Crippen LogP contribution in [0.3, 0.4) is 0 Å². The lowest BCUT2D eigenvalue weighted by Gasteiger charge is -2.30. The van der Waals surface area contributed by atoms with Crippen LogP contribution in [0.2, 0.25) is 0 Å². The first-order chi connectivity index (χ1) is 12.9. The number of ether oxygens (including phenoxy) is 1. The monoisotopic (exact) mass is 387 g/mol. The van der Waals surface area contributed by atoms with Crippen molar-refractivity contribution in [3.05, 3.63) is 42.2 Å². The molecule has 0 spiro atoms. The van der Waals surface area contributed by atoms with Crippen LogP contribution in [0.1, 0.15) is 25.5 Å². The van der Waals surface area contributed by atoms with Gasteiger partial charge in [0, 0.05) is 6.04 Å². The van der Waals surface area contributed by atoms with Crippen LogP contribution in [0, 0.1) is 12.8 Å². The van der Waals surface area contributed by atoms with E-state index in [1.807, 2.05) is 6.92 Å². The second-order valence-corrected chi connectivity index (χ2v) is 8.68. The molecular formula is C19H21N3O4S. The molecule has 142 valence electrons. The number of hydrogen-bond acceptors (Lipinski definition) is 6. The van der Waals surface area contributed by atoms with Crippen LogP contribution in [-0.4, -0.2) is 31.7 Å². The summed E-state index contributed by atoms with van der Waals surface area (Å²) in [6.45, 7) is 3.72. The number of pyridine rings is 1. The average Bonchev–Trinajstić information content (AvgIpc) is 3.46. The second-order valence-electron chi connectivity index (χ2n) is 6.87. The Morgan fingerprint density at radius 3 is 2.59 bits per heavy atom. The van der Waals surface area contributed by atoms with Crippen molar-refractivity contribution >= 4 is 26.8 Å². The minimum absolute atomic E-state index is 0.129. The van der Waals surface area contributed by atoms with Crippen LogP contribution < -0.4 is 9.04 Å². The molecule has 0 bridgehead atoms. The Kier molecular flexibility index (Phi) is 4.30. The fourth-order valence-corrected chi connectivity index (χ4v) is 4.96. The Hall–Kier alpha value is -2.61. The van der Waals surface area contributed by atoms with Gasteiger partial charge in [-0.05, 0) is 62.9 Å². The quantitative estimate of drug-likeness (QED) is 0.643. The maximum atomic E-state index is 13.5. The number of aromatic nitrogens is 2. The third kappa shape index (κ3) is 3.14. The van der Waals surface area contributed by atoms with Gasteiger partial charge in [-0.15, -0.1) is 0 Å². The van der Waals surface area contributed by atoms with Crippen LogP contribution in [-0.2, 0) is 10.0 Å². The topological polar surface area (TPSA) is 85.5 Å². The van der Waals surface area contributed by atoms with Crippen molar-refractivity contribution in [2.45, 2.75) is 37.6 Å². The summed E-state index contributed by atoms with van der Waals surface area (Å²) in [7, 11) is -2.22. The fraction of sp³-hybridized carbons (Fsp3) is 0.368. The summed E-state index contributed by atoms with van der Waals surface area (Å²) < 4.78 is 38.9. The minimum atomic E-state index is -3.80. The summed E-state index contributed by atoms with van der Waals surface area (Å²) in [5, 5.41) is 4.46. The number of benzene rings is 1. The predicted molar refractivity (Wildman–Crippen MR) is 101 cm³/mol. The zero-order valence-electron chi connectivity index (χ0n) is 15.4. The molecule has 0 amide bonds. The van der Waals surface area contributed by atoms with Crippen LogP contribution >= 0.6 is 0 Å². The number of aryl methyl sites for hydroxylation is 1. The highest BCUT2D eigenvalue weighted by molar-refractivity contribution is 7.92. The molecule has 27 heavy (non-hydrogen) atoms. The highest BCUT2D eigenvalue weighted by Crippen LogP contribution is 2.40. The number of anilines is 1. The Balaban J connectivity index is 1.81. The summed E-state index contributed by atoms with van der Waals surface area (Å²) in [4.78, 5) is 4.27. The molecule has 0 saturated heterocycles. The molecule has 2 aromatic heterocycles. The van der Waals surface area contributed by atoms with E-state index < -0.39 is 10.0 Å². The Morgan fingerprint density at radius 2 is 1.96 bits per heavy atom. The number of hydrogen-bond donors (Lipinski definition) is 0. The lowest BCUT2D eigenvalue weighted by molar-refractivity contribution is 0.415. The third-order valence-corrected chi connectivity index (χ3v) is 6.92. The van der Waals surface area contributed by atoms with Crippen LogP contribution in [0.4, 0.5) is 5.69 Å². The van der Waals surface area contributed by atoms with Gasteiger partial charge in [0.1, 0.15) is 10.6 Å². The largest absolute Gasteiger partial charge is 0.497 e. The van der Waals surface area contributed by atoms with Gasteiger partial charge in [-0.2, -0.15) is 0 Å². The van der Waals surface area contributed by atoms with Crippen molar-refractivity contribution in [1.29, 1.82) is 0 Å². The van der Waals surface area contributed by atoms with Crippen molar-refractivity contribution in [2.75, 3.05) is 11.4 Å². The first-order valence-corrected chi connectivity index (χ1v) is 10.3. The SMILES string of the molecule is COc1ccc(N(C(C)C2CC2)S(=O)(=O)c2cnc3onc(C)c3c2)cc1. The molecule has 0 N–H and O–H groups in total. The van der Waals surface area contributed by atoms with Gasteiger partial charge in [0.2, 0.25) is 0 Å². The summed E-state index contributed by atoms with van der Waals surface area (Å²) in [5.41, 5.74) is 1.55. The first-order valence-electron chi connectivity index (χ1n) is 8.82. The van der Waals surface area contributed by atoms with Gasteiger partial charge < -0.3 is 9.26 Å². The van der Waals surface area contributed by atoms with Gasteiger partial charge in [0.05, 0.1) is 30.1 Å². The van der Waals surface area contributed by atoms with Crippen molar-refractivity contribution < 1.29 is 17.7 Å². The highest BCUT2D eigenvalue weighted by atomic mass is 32.2. The van der Waals surface area contributed by atoms with Crippen molar-refractivity contribution in [3.63, 3.8) is 0 Å². The summed E-state index contributed by atoms with van der Waals surface area (Å²) in [5.74, 6) is 1.04. The number of methoxy groups -OCH3 is 1. The molecule has 1 aromatic carbocycles. The fourth-order valence-electron chi connectivity index (χ4n) is 3.27. The molecule has 4 rings (SSSR count). The first kappa shape index (κ1) is 17.8. The van der Waals surface area contributed by atoms with Crippen molar-refractivity contribution in [3.8, 4) is 5.75 Å². The van der Waals surface area contributed by atoms with Crippen molar-refractivity contribution in [2.24, 2.45) is 5.92 Å². The Bertz CT molecular complexity index is 1070. The Morgan fingerprint density at radius 1 is 1.26 bits per heavy atom. The van der Waals surface area contributed by atoms with Gasteiger partial charge in [-0.25, -0.2) is 13.4 Å². The maximum Gasteiger partial charge on any atom is 0.266 e. The van der Waals surface area contributed by atoms with Crippen LogP contribution in [0.25, 0.3) is 11.1 Å². The second kappa shape index (κ2) is 6.53. The van der Waals surface area contributed by atoms with Crippen molar-refractivity contribution in [1.82, 2.24) is 10.1 Å². The smallest absolute Gasteiger partial charge is 0.266 e. The van der Waals surface area contributed by atoms with E-state index in [0.717, 1.165) is 12.8 Å². The summed E-state index contributed by atoms with van der Waals surface area (Å²) >= 11 is 0. The average molecular weight is 387 g/mol. The molecule has 1 aliphatic rings. The maximum absolute atomic E-state index is 13.5. The lowest BCUT2D eigenvalue weighted by Crippen LogP contribution is -2.40. The number of rotatable bonds is 6. The van der Waals surface area contributed by atoms with Gasteiger partial charge in [-0.1, -0.05) is 5.16 Å². The van der Waals surface area contributed by atoms with Gasteiger partial charge in [-0.3, -0.25) is 4.31 Å². The van der Waals surface area contributed by atoms with Crippen LogP contribution in [0.15, 0.2) is 45.9 Å². The molecule has 1 aliphatic carbocycles.